The van der Waals surface area contributed by atoms with Crippen molar-refractivity contribution in [1.29, 1.82) is 0 Å². The molecule has 0 spiro atoms. The van der Waals surface area contributed by atoms with Crippen LogP contribution < -0.4 is 5.32 Å². The first-order chi connectivity index (χ1) is 12.0. The Kier molecular flexibility index (Phi) is 4.70. The molecule has 0 bridgehead atoms. The molecule has 1 heterocycles. The van der Waals surface area contributed by atoms with Crippen LogP contribution in [0.3, 0.4) is 0 Å². The molecule has 1 aromatic carbocycles. The highest BCUT2D eigenvalue weighted by atomic mass is 16.5. The van der Waals surface area contributed by atoms with E-state index in [0.29, 0.717) is 17.2 Å². The molecule has 25 heavy (non-hydrogen) atoms. The Bertz CT molecular complexity index is 819. The molecule has 1 aliphatic rings. The lowest BCUT2D eigenvalue weighted by atomic mass is 10.2. The molecular weight excluding hydrogens is 320 g/mol. The highest BCUT2D eigenvalue weighted by Gasteiger charge is 2.28. The summed E-state index contributed by atoms with van der Waals surface area (Å²) < 4.78 is 7.19. The number of carbonyl (C=O) groups is 3. The van der Waals surface area contributed by atoms with Crippen LogP contribution in [0.15, 0.2) is 36.4 Å². The molecule has 1 saturated carbocycles. The lowest BCUT2D eigenvalue weighted by molar-refractivity contribution is -0.123. The van der Waals surface area contributed by atoms with E-state index >= 15 is 0 Å². The first-order valence-electron chi connectivity index (χ1n) is 8.22. The van der Waals surface area contributed by atoms with Crippen molar-refractivity contribution in [2.45, 2.75) is 32.7 Å². The molecule has 2 aromatic rings. The number of aromatic nitrogens is 1. The lowest BCUT2D eigenvalue weighted by Crippen LogP contribution is -2.34. The van der Waals surface area contributed by atoms with E-state index < -0.39 is 24.4 Å². The van der Waals surface area contributed by atoms with Gasteiger partial charge in [0.25, 0.3) is 11.8 Å². The Morgan fingerprint density at radius 3 is 2.48 bits per heavy atom. The van der Waals surface area contributed by atoms with Gasteiger partial charge in [-0.15, -0.1) is 0 Å². The van der Waals surface area contributed by atoms with Crippen LogP contribution >= 0.6 is 0 Å². The molecule has 0 atom stereocenters. The first kappa shape index (κ1) is 17.0. The number of hydrogen-bond donors (Lipinski definition) is 1. The second-order valence-corrected chi connectivity index (χ2v) is 6.21. The second kappa shape index (κ2) is 6.93. The molecule has 1 aliphatic carbocycles. The Hall–Kier alpha value is -2.89. The number of imide groups is 1. The van der Waals surface area contributed by atoms with Gasteiger partial charge in [0.2, 0.25) is 0 Å². The molecule has 1 fully saturated rings. The predicted octanol–water partition coefficient (Wildman–Crippen LogP) is 2.55. The first-order valence-corrected chi connectivity index (χ1v) is 8.22. The minimum absolute atomic E-state index is 0.371. The van der Waals surface area contributed by atoms with E-state index in [1.807, 2.05) is 13.8 Å². The van der Waals surface area contributed by atoms with E-state index in [2.05, 4.69) is 9.88 Å². The van der Waals surface area contributed by atoms with Gasteiger partial charge in [0.15, 0.2) is 6.61 Å². The third-order valence-corrected chi connectivity index (χ3v) is 4.24. The third kappa shape index (κ3) is 3.79. The fourth-order valence-electron chi connectivity index (χ4n) is 2.91. The van der Waals surface area contributed by atoms with Crippen molar-refractivity contribution >= 4 is 17.8 Å². The molecule has 0 aliphatic heterocycles. The molecule has 1 N–H and O–H groups in total. The van der Waals surface area contributed by atoms with Gasteiger partial charge in [-0.2, -0.15) is 0 Å². The third-order valence-electron chi connectivity index (χ3n) is 4.24. The van der Waals surface area contributed by atoms with Gasteiger partial charge in [0.05, 0.1) is 5.56 Å². The molecule has 2 amide bonds. The number of nitrogens with zero attached hydrogens (tertiary/aromatic N) is 1. The van der Waals surface area contributed by atoms with Crippen molar-refractivity contribution < 1.29 is 19.1 Å². The maximum absolute atomic E-state index is 12.2. The van der Waals surface area contributed by atoms with E-state index in [0.717, 1.165) is 24.2 Å². The maximum Gasteiger partial charge on any atom is 0.340 e. The zero-order valence-electron chi connectivity index (χ0n) is 14.2. The standard InChI is InChI=1S/C19H20N2O4/c1-12-10-16(13(2)21(12)15-8-9-15)19(24)25-11-17(22)20-18(23)14-6-4-3-5-7-14/h3-7,10,15H,8-9,11H2,1-2H3,(H,20,22,23). The van der Waals surface area contributed by atoms with Crippen LogP contribution in [0.2, 0.25) is 0 Å². The van der Waals surface area contributed by atoms with E-state index in [1.165, 1.54) is 0 Å². The fourth-order valence-corrected chi connectivity index (χ4v) is 2.91. The number of amides is 2. The number of rotatable bonds is 5. The van der Waals surface area contributed by atoms with Crippen LogP contribution in [-0.2, 0) is 9.53 Å². The van der Waals surface area contributed by atoms with E-state index in [4.69, 9.17) is 4.74 Å². The zero-order chi connectivity index (χ0) is 18.0. The van der Waals surface area contributed by atoms with Crippen LogP contribution in [0.5, 0.6) is 0 Å². The average molecular weight is 340 g/mol. The van der Waals surface area contributed by atoms with Gasteiger partial charge < -0.3 is 9.30 Å². The topological polar surface area (TPSA) is 77.4 Å². The summed E-state index contributed by atoms with van der Waals surface area (Å²) in [6.45, 7) is 3.33. The Morgan fingerprint density at radius 1 is 1.16 bits per heavy atom. The molecule has 1 aromatic heterocycles. The Morgan fingerprint density at radius 2 is 1.84 bits per heavy atom. The normalized spacial score (nSPS) is 13.4. The summed E-state index contributed by atoms with van der Waals surface area (Å²) in [5.41, 5.74) is 2.70. The minimum atomic E-state index is -0.654. The van der Waals surface area contributed by atoms with Crippen LogP contribution in [0.4, 0.5) is 0 Å². The summed E-state index contributed by atoms with van der Waals surface area (Å²) in [5.74, 6) is -1.73. The van der Waals surface area contributed by atoms with E-state index in [9.17, 15) is 14.4 Å². The molecular formula is C19H20N2O4. The SMILES string of the molecule is Cc1cc(C(=O)OCC(=O)NC(=O)c2ccccc2)c(C)n1C1CC1. The molecule has 6 heteroatoms. The second-order valence-electron chi connectivity index (χ2n) is 6.21. The summed E-state index contributed by atoms with van der Waals surface area (Å²) in [6, 6.07) is 10.6. The number of ether oxygens (including phenoxy) is 1. The summed E-state index contributed by atoms with van der Waals surface area (Å²) in [6.07, 6.45) is 2.24. The molecule has 130 valence electrons. The highest BCUT2D eigenvalue weighted by molar-refractivity contribution is 6.05. The lowest BCUT2D eigenvalue weighted by Gasteiger charge is -2.08. The highest BCUT2D eigenvalue weighted by Crippen LogP contribution is 2.38. The van der Waals surface area contributed by atoms with Crippen LogP contribution in [0, 0.1) is 13.8 Å². The van der Waals surface area contributed by atoms with Crippen molar-refractivity contribution in [3.63, 3.8) is 0 Å². The number of aryl methyl sites for hydroxylation is 1. The average Bonchev–Trinajstić information content (AvgIpc) is 3.38. The van der Waals surface area contributed by atoms with Crippen LogP contribution in [-0.4, -0.2) is 29.0 Å². The van der Waals surface area contributed by atoms with Crippen molar-refractivity contribution in [3.05, 3.63) is 58.9 Å². The van der Waals surface area contributed by atoms with Gasteiger partial charge in [-0.1, -0.05) is 18.2 Å². The number of hydrogen-bond acceptors (Lipinski definition) is 4. The number of carbonyl (C=O) groups excluding carboxylic acids is 3. The van der Waals surface area contributed by atoms with E-state index in [1.54, 1.807) is 36.4 Å². The molecule has 3 rings (SSSR count). The predicted molar refractivity (Wildman–Crippen MR) is 91.4 cm³/mol. The smallest absolute Gasteiger partial charge is 0.340 e. The van der Waals surface area contributed by atoms with Gasteiger partial charge in [-0.25, -0.2) is 4.79 Å². The molecule has 6 nitrogen and oxygen atoms in total. The largest absolute Gasteiger partial charge is 0.452 e. The van der Waals surface area contributed by atoms with E-state index in [-0.39, 0.29) is 0 Å². The Labute approximate surface area is 145 Å². The number of nitrogens with one attached hydrogen (secondary N) is 1. The van der Waals surface area contributed by atoms with Crippen molar-refractivity contribution in [3.8, 4) is 0 Å². The maximum atomic E-state index is 12.2. The van der Waals surface area contributed by atoms with Gasteiger partial charge >= 0.3 is 5.97 Å². The van der Waals surface area contributed by atoms with Gasteiger partial charge in [-0.05, 0) is 44.9 Å². The van der Waals surface area contributed by atoms with Crippen molar-refractivity contribution in [2.24, 2.45) is 0 Å². The van der Waals surface area contributed by atoms with Crippen molar-refractivity contribution in [1.82, 2.24) is 9.88 Å². The molecule has 0 unspecified atom stereocenters. The fraction of sp³-hybridized carbons (Fsp3) is 0.316. The van der Waals surface area contributed by atoms with Crippen LogP contribution in [0.25, 0.3) is 0 Å². The van der Waals surface area contributed by atoms with Crippen molar-refractivity contribution in [2.75, 3.05) is 6.61 Å². The van der Waals surface area contributed by atoms with Gasteiger partial charge in [0, 0.05) is 23.0 Å². The monoisotopic (exact) mass is 340 g/mol. The summed E-state index contributed by atoms with van der Waals surface area (Å²) in [7, 11) is 0. The van der Waals surface area contributed by atoms with Crippen LogP contribution in [0.1, 0.15) is 51.0 Å². The number of esters is 1. The Balaban J connectivity index is 1.56. The summed E-state index contributed by atoms with van der Waals surface area (Å²) in [5, 5.41) is 2.20. The zero-order valence-corrected chi connectivity index (χ0v) is 14.2. The molecule has 0 saturated heterocycles. The quantitative estimate of drug-likeness (QED) is 0.849. The summed E-state index contributed by atoms with van der Waals surface area (Å²) in [4.78, 5) is 35.9. The number of benzene rings is 1. The van der Waals surface area contributed by atoms with Gasteiger partial charge in [0.1, 0.15) is 0 Å². The minimum Gasteiger partial charge on any atom is -0.452 e. The summed E-state index contributed by atoms with van der Waals surface area (Å²) >= 11 is 0. The van der Waals surface area contributed by atoms with Gasteiger partial charge in [-0.3, -0.25) is 14.9 Å². The molecule has 0 radical (unpaired) electrons.